The average Bonchev–Trinajstić information content (AvgIpc) is 2.76. The summed E-state index contributed by atoms with van der Waals surface area (Å²) in [6.45, 7) is 5.90. The molecule has 0 aliphatic carbocycles. The number of rotatable bonds is 4. The molecular weight excluding hydrogens is 434 g/mol. The van der Waals surface area contributed by atoms with Crippen LogP contribution < -0.4 is 4.90 Å². The van der Waals surface area contributed by atoms with Crippen LogP contribution in [-0.4, -0.2) is 67.4 Å². The predicted octanol–water partition coefficient (Wildman–Crippen LogP) is 2.95. The van der Waals surface area contributed by atoms with Crippen LogP contribution in [0, 0.1) is 5.92 Å². The number of nitrogens with zero attached hydrogens (tertiary/aromatic N) is 3. The molecule has 1 aromatic carbocycles. The van der Waals surface area contributed by atoms with Gasteiger partial charge in [0.05, 0.1) is 16.3 Å². The van der Waals surface area contributed by atoms with Gasteiger partial charge in [-0.3, -0.25) is 9.59 Å². The number of sulfonamides is 1. The van der Waals surface area contributed by atoms with Crippen molar-refractivity contribution >= 4 is 39.3 Å². The number of fused-ring (bicyclic) bond motifs is 1. The molecule has 0 aromatic heterocycles. The van der Waals surface area contributed by atoms with Crippen molar-refractivity contribution in [2.24, 2.45) is 5.92 Å². The lowest BCUT2D eigenvalue weighted by molar-refractivity contribution is -0.134. The van der Waals surface area contributed by atoms with Gasteiger partial charge in [0.2, 0.25) is 21.8 Å². The third-order valence-electron chi connectivity index (χ3n) is 6.67. The Bertz CT molecular complexity index is 958. The topological polar surface area (TPSA) is 78.0 Å². The lowest BCUT2D eigenvalue weighted by atomic mass is 10.0. The third-order valence-corrected chi connectivity index (χ3v) is 9.61. The van der Waals surface area contributed by atoms with Crippen LogP contribution in [0.1, 0.15) is 46.0 Å². The first kappa shape index (κ1) is 22.6. The molecule has 2 fully saturated rings. The number of thioether (sulfide) groups is 1. The van der Waals surface area contributed by atoms with Crippen LogP contribution in [0.3, 0.4) is 0 Å². The van der Waals surface area contributed by atoms with E-state index in [1.807, 2.05) is 11.8 Å². The fourth-order valence-corrected chi connectivity index (χ4v) is 6.99. The standard InChI is InChI=1S/C22H31N3O4S2/c1-16-8-11-23(12-9-16)31(28,29)18-6-7-20-19(13-18)25(22(27)15-30-20)14-21(26)24-10-4-3-5-17(24)2/h6-7,13,16-17H,3-5,8-12,14-15H2,1-2H3. The van der Waals surface area contributed by atoms with E-state index in [4.69, 9.17) is 0 Å². The Balaban J connectivity index is 1.59. The number of benzene rings is 1. The summed E-state index contributed by atoms with van der Waals surface area (Å²) in [6.07, 6.45) is 4.78. The molecule has 4 rings (SSSR count). The molecule has 1 unspecified atom stereocenters. The fourth-order valence-electron chi connectivity index (χ4n) is 4.58. The zero-order chi connectivity index (χ0) is 22.2. The van der Waals surface area contributed by atoms with Crippen molar-refractivity contribution in [2.45, 2.75) is 61.8 Å². The van der Waals surface area contributed by atoms with E-state index in [1.54, 1.807) is 18.2 Å². The first-order valence-electron chi connectivity index (χ1n) is 11.1. The van der Waals surface area contributed by atoms with E-state index in [9.17, 15) is 18.0 Å². The van der Waals surface area contributed by atoms with E-state index in [0.29, 0.717) is 31.2 Å². The van der Waals surface area contributed by atoms with Crippen molar-refractivity contribution < 1.29 is 18.0 Å². The highest BCUT2D eigenvalue weighted by molar-refractivity contribution is 8.00. The van der Waals surface area contributed by atoms with Crippen LogP contribution in [0.4, 0.5) is 5.69 Å². The molecule has 9 heteroatoms. The van der Waals surface area contributed by atoms with Crippen molar-refractivity contribution in [1.82, 2.24) is 9.21 Å². The molecule has 3 aliphatic rings. The van der Waals surface area contributed by atoms with E-state index >= 15 is 0 Å². The molecule has 2 amide bonds. The van der Waals surface area contributed by atoms with Crippen molar-refractivity contribution in [1.29, 1.82) is 0 Å². The summed E-state index contributed by atoms with van der Waals surface area (Å²) >= 11 is 1.39. The number of hydrogen-bond donors (Lipinski definition) is 0. The average molecular weight is 466 g/mol. The van der Waals surface area contributed by atoms with Crippen LogP contribution in [0.5, 0.6) is 0 Å². The first-order chi connectivity index (χ1) is 14.8. The molecule has 0 radical (unpaired) electrons. The van der Waals surface area contributed by atoms with E-state index in [2.05, 4.69) is 6.92 Å². The Morgan fingerprint density at radius 3 is 2.55 bits per heavy atom. The molecule has 0 saturated carbocycles. The van der Waals surface area contributed by atoms with E-state index in [-0.39, 0.29) is 35.0 Å². The number of amides is 2. The Hall–Kier alpha value is -1.58. The van der Waals surface area contributed by atoms with Crippen molar-refractivity contribution in [3.8, 4) is 0 Å². The van der Waals surface area contributed by atoms with E-state index in [0.717, 1.165) is 37.0 Å². The van der Waals surface area contributed by atoms with Crippen molar-refractivity contribution in [3.63, 3.8) is 0 Å². The minimum atomic E-state index is -3.63. The van der Waals surface area contributed by atoms with Gasteiger partial charge in [0.15, 0.2) is 0 Å². The Morgan fingerprint density at radius 2 is 1.84 bits per heavy atom. The minimum Gasteiger partial charge on any atom is -0.338 e. The monoisotopic (exact) mass is 465 g/mol. The maximum Gasteiger partial charge on any atom is 0.243 e. The van der Waals surface area contributed by atoms with Gasteiger partial charge in [0.25, 0.3) is 0 Å². The van der Waals surface area contributed by atoms with Crippen LogP contribution in [-0.2, 0) is 19.6 Å². The van der Waals surface area contributed by atoms with E-state index in [1.165, 1.54) is 21.0 Å². The van der Waals surface area contributed by atoms with Gasteiger partial charge in [-0.05, 0) is 63.1 Å². The van der Waals surface area contributed by atoms with Crippen LogP contribution in [0.15, 0.2) is 28.0 Å². The second-order valence-electron chi connectivity index (χ2n) is 8.92. The second-order valence-corrected chi connectivity index (χ2v) is 11.9. The van der Waals surface area contributed by atoms with Gasteiger partial charge in [-0.15, -0.1) is 11.8 Å². The molecule has 170 valence electrons. The quantitative estimate of drug-likeness (QED) is 0.683. The first-order valence-corrected chi connectivity index (χ1v) is 13.6. The lowest BCUT2D eigenvalue weighted by Gasteiger charge is -2.36. The molecule has 3 heterocycles. The molecule has 1 atom stereocenters. The van der Waals surface area contributed by atoms with Gasteiger partial charge < -0.3 is 9.80 Å². The number of anilines is 1. The lowest BCUT2D eigenvalue weighted by Crippen LogP contribution is -2.49. The Labute approximate surface area is 189 Å². The predicted molar refractivity (Wildman–Crippen MR) is 122 cm³/mol. The normalized spacial score (nSPS) is 23.7. The van der Waals surface area contributed by atoms with Crippen LogP contribution >= 0.6 is 11.8 Å². The Kier molecular flexibility index (Phi) is 6.65. The van der Waals surface area contributed by atoms with Gasteiger partial charge in [0, 0.05) is 30.6 Å². The van der Waals surface area contributed by atoms with Crippen molar-refractivity contribution in [3.05, 3.63) is 18.2 Å². The summed E-state index contributed by atoms with van der Waals surface area (Å²) < 4.78 is 28.0. The van der Waals surface area contributed by atoms with Gasteiger partial charge in [0.1, 0.15) is 6.54 Å². The fraction of sp³-hybridized carbons (Fsp3) is 0.636. The molecule has 1 aromatic rings. The van der Waals surface area contributed by atoms with Gasteiger partial charge in [-0.1, -0.05) is 6.92 Å². The maximum atomic E-state index is 13.2. The Morgan fingerprint density at radius 1 is 1.10 bits per heavy atom. The molecular formula is C22H31N3O4S2. The summed E-state index contributed by atoms with van der Waals surface area (Å²) in [6, 6.07) is 5.15. The summed E-state index contributed by atoms with van der Waals surface area (Å²) in [4.78, 5) is 30.1. The zero-order valence-corrected chi connectivity index (χ0v) is 19.9. The minimum absolute atomic E-state index is 0.0402. The molecule has 0 spiro atoms. The molecule has 2 saturated heterocycles. The maximum absolute atomic E-state index is 13.2. The number of carbonyl (C=O) groups excluding carboxylic acids is 2. The number of carbonyl (C=O) groups is 2. The number of piperidine rings is 2. The highest BCUT2D eigenvalue weighted by Gasteiger charge is 2.33. The van der Waals surface area contributed by atoms with Gasteiger partial charge in [-0.2, -0.15) is 4.31 Å². The summed E-state index contributed by atoms with van der Waals surface area (Å²) in [7, 11) is -3.63. The van der Waals surface area contributed by atoms with E-state index < -0.39 is 10.0 Å². The van der Waals surface area contributed by atoms with Crippen LogP contribution in [0.2, 0.25) is 0 Å². The van der Waals surface area contributed by atoms with Gasteiger partial charge in [-0.25, -0.2) is 8.42 Å². The van der Waals surface area contributed by atoms with Crippen molar-refractivity contribution in [2.75, 3.05) is 36.8 Å². The highest BCUT2D eigenvalue weighted by Crippen LogP contribution is 2.38. The SMILES string of the molecule is CC1CCN(S(=O)(=O)c2ccc3c(c2)N(CC(=O)N2CCCCC2C)C(=O)CS3)CC1. The molecule has 31 heavy (non-hydrogen) atoms. The third kappa shape index (κ3) is 4.64. The number of likely N-dealkylation sites (tertiary alicyclic amines) is 1. The largest absolute Gasteiger partial charge is 0.338 e. The van der Waals surface area contributed by atoms with Crippen LogP contribution in [0.25, 0.3) is 0 Å². The summed E-state index contributed by atoms with van der Waals surface area (Å²) in [5, 5.41) is 0. The molecule has 3 aliphatic heterocycles. The highest BCUT2D eigenvalue weighted by atomic mass is 32.2. The molecule has 0 N–H and O–H groups in total. The second kappa shape index (κ2) is 9.11. The molecule has 7 nitrogen and oxygen atoms in total. The summed E-state index contributed by atoms with van der Waals surface area (Å²) in [5.41, 5.74) is 0.533. The summed E-state index contributed by atoms with van der Waals surface area (Å²) in [5.74, 6) is 0.558. The number of hydrogen-bond acceptors (Lipinski definition) is 5. The molecule has 0 bridgehead atoms. The van der Waals surface area contributed by atoms with Gasteiger partial charge >= 0.3 is 0 Å². The zero-order valence-electron chi connectivity index (χ0n) is 18.2. The smallest absolute Gasteiger partial charge is 0.243 e.